The van der Waals surface area contributed by atoms with E-state index in [9.17, 15) is 17.6 Å². The maximum Gasteiger partial charge on any atom is 0.264 e. The van der Waals surface area contributed by atoms with Crippen LogP contribution in [0.25, 0.3) is 0 Å². The Morgan fingerprint density at radius 1 is 0.969 bits per heavy atom. The monoisotopic (exact) mass is 454 g/mol. The predicted molar refractivity (Wildman–Crippen MR) is 125 cm³/mol. The van der Waals surface area contributed by atoms with E-state index in [1.165, 1.54) is 12.1 Å². The summed E-state index contributed by atoms with van der Waals surface area (Å²) in [7, 11) is -3.99. The highest BCUT2D eigenvalue weighted by molar-refractivity contribution is 7.92. The van der Waals surface area contributed by atoms with E-state index in [0.717, 1.165) is 26.6 Å². The van der Waals surface area contributed by atoms with E-state index in [1.807, 2.05) is 26.8 Å². The first-order valence-corrected chi connectivity index (χ1v) is 11.7. The van der Waals surface area contributed by atoms with Crippen molar-refractivity contribution in [3.63, 3.8) is 0 Å². The van der Waals surface area contributed by atoms with Gasteiger partial charge in [-0.2, -0.15) is 0 Å². The first-order valence-electron chi connectivity index (χ1n) is 10.3. The van der Waals surface area contributed by atoms with Gasteiger partial charge in [0.15, 0.2) is 0 Å². The molecule has 3 aromatic rings. The van der Waals surface area contributed by atoms with Gasteiger partial charge in [-0.15, -0.1) is 0 Å². The minimum absolute atomic E-state index is 0.114. The van der Waals surface area contributed by atoms with Gasteiger partial charge in [0.1, 0.15) is 12.4 Å². The zero-order chi connectivity index (χ0) is 23.5. The minimum Gasteiger partial charge on any atom is -0.348 e. The van der Waals surface area contributed by atoms with Gasteiger partial charge in [-0.1, -0.05) is 42.0 Å². The van der Waals surface area contributed by atoms with E-state index in [0.29, 0.717) is 5.69 Å². The molecule has 1 atom stereocenters. The van der Waals surface area contributed by atoms with E-state index in [-0.39, 0.29) is 17.3 Å². The number of halogens is 1. The molecule has 0 aromatic heterocycles. The van der Waals surface area contributed by atoms with Crippen molar-refractivity contribution in [2.75, 3.05) is 10.8 Å². The number of rotatable bonds is 7. The fourth-order valence-corrected chi connectivity index (χ4v) is 4.87. The molecular weight excluding hydrogens is 427 g/mol. The number of hydrogen-bond acceptors (Lipinski definition) is 3. The molecule has 168 valence electrons. The van der Waals surface area contributed by atoms with E-state index < -0.39 is 22.0 Å². The number of sulfonamides is 1. The van der Waals surface area contributed by atoms with Gasteiger partial charge in [-0.25, -0.2) is 12.8 Å². The molecule has 0 aliphatic carbocycles. The van der Waals surface area contributed by atoms with Gasteiger partial charge < -0.3 is 5.32 Å². The number of benzene rings is 3. The van der Waals surface area contributed by atoms with Crippen molar-refractivity contribution in [3.05, 3.63) is 94.8 Å². The fourth-order valence-electron chi connectivity index (χ4n) is 3.40. The van der Waals surface area contributed by atoms with Crippen LogP contribution in [0.1, 0.15) is 35.2 Å². The lowest BCUT2D eigenvalue weighted by Gasteiger charge is -2.27. The highest BCUT2D eigenvalue weighted by Crippen LogP contribution is 2.28. The molecule has 0 bridgehead atoms. The molecule has 0 fully saturated rings. The van der Waals surface area contributed by atoms with Crippen LogP contribution in [-0.4, -0.2) is 20.9 Å². The second kappa shape index (κ2) is 9.53. The lowest BCUT2D eigenvalue weighted by atomic mass is 10.1. The van der Waals surface area contributed by atoms with E-state index in [4.69, 9.17) is 0 Å². The highest BCUT2D eigenvalue weighted by atomic mass is 32.2. The lowest BCUT2D eigenvalue weighted by molar-refractivity contribution is -0.120. The van der Waals surface area contributed by atoms with E-state index in [2.05, 4.69) is 5.32 Å². The summed E-state index contributed by atoms with van der Waals surface area (Å²) >= 11 is 0. The smallest absolute Gasteiger partial charge is 0.264 e. The maximum atomic E-state index is 13.5. The van der Waals surface area contributed by atoms with Crippen LogP contribution in [0.2, 0.25) is 0 Å². The van der Waals surface area contributed by atoms with Gasteiger partial charge in [0.2, 0.25) is 5.91 Å². The van der Waals surface area contributed by atoms with Crippen LogP contribution in [0.15, 0.2) is 71.6 Å². The molecule has 3 rings (SSSR count). The Hall–Kier alpha value is -3.19. The van der Waals surface area contributed by atoms with Crippen LogP contribution < -0.4 is 9.62 Å². The van der Waals surface area contributed by atoms with Crippen LogP contribution in [0, 0.1) is 26.6 Å². The molecule has 0 heterocycles. The van der Waals surface area contributed by atoms with Gasteiger partial charge in [-0.05, 0) is 74.7 Å². The molecule has 32 heavy (non-hydrogen) atoms. The van der Waals surface area contributed by atoms with Crippen molar-refractivity contribution in [2.45, 2.75) is 38.6 Å². The SMILES string of the molecule is Cc1ccc(S(=O)(=O)N(CC(=O)NC(C)c2ccc(F)cc2)c2cccc(C)c2C)cc1. The molecule has 1 amide bonds. The molecule has 1 N–H and O–H groups in total. The first-order chi connectivity index (χ1) is 15.1. The largest absolute Gasteiger partial charge is 0.348 e. The normalized spacial score (nSPS) is 12.3. The van der Waals surface area contributed by atoms with Crippen LogP contribution in [-0.2, 0) is 14.8 Å². The number of hydrogen-bond donors (Lipinski definition) is 1. The van der Waals surface area contributed by atoms with Gasteiger partial charge in [0.25, 0.3) is 10.0 Å². The summed E-state index contributed by atoms with van der Waals surface area (Å²) in [6.45, 7) is 6.99. The Kier molecular flexibility index (Phi) is 6.99. The standard InChI is InChI=1S/C25H27FN2O3S/c1-17-8-14-23(15-9-17)32(30,31)28(24-7-5-6-18(2)19(24)3)16-25(29)27-20(4)21-10-12-22(26)13-11-21/h5-15,20H,16H2,1-4H3,(H,27,29). The van der Waals surface area contributed by atoms with Crippen LogP contribution >= 0.6 is 0 Å². The minimum atomic E-state index is -3.99. The van der Waals surface area contributed by atoms with E-state index in [1.54, 1.807) is 55.5 Å². The van der Waals surface area contributed by atoms with E-state index >= 15 is 0 Å². The summed E-state index contributed by atoms with van der Waals surface area (Å²) in [5, 5.41) is 2.82. The molecule has 7 heteroatoms. The second-order valence-corrected chi connectivity index (χ2v) is 9.75. The average Bonchev–Trinajstić information content (AvgIpc) is 2.75. The summed E-state index contributed by atoms with van der Waals surface area (Å²) in [6, 6.07) is 17.3. The number of aryl methyl sites for hydroxylation is 2. The molecule has 1 unspecified atom stereocenters. The highest BCUT2D eigenvalue weighted by Gasteiger charge is 2.29. The van der Waals surface area contributed by atoms with Crippen LogP contribution in [0.5, 0.6) is 0 Å². The number of amides is 1. The van der Waals surface area contributed by atoms with Crippen molar-refractivity contribution in [1.82, 2.24) is 5.32 Å². The molecule has 0 aliphatic rings. The summed E-state index contributed by atoms with van der Waals surface area (Å²) in [6.07, 6.45) is 0. The summed E-state index contributed by atoms with van der Waals surface area (Å²) in [5.74, 6) is -0.823. The second-order valence-electron chi connectivity index (χ2n) is 7.88. The van der Waals surface area contributed by atoms with Crippen LogP contribution in [0.3, 0.4) is 0 Å². The molecule has 3 aromatic carbocycles. The van der Waals surface area contributed by atoms with Crippen molar-refractivity contribution in [2.24, 2.45) is 0 Å². The third-order valence-electron chi connectivity index (χ3n) is 5.49. The van der Waals surface area contributed by atoms with Crippen molar-refractivity contribution < 1.29 is 17.6 Å². The molecule has 5 nitrogen and oxygen atoms in total. The summed E-state index contributed by atoms with van der Waals surface area (Å²) in [5.41, 5.74) is 3.82. The predicted octanol–water partition coefficient (Wildman–Crippen LogP) is 4.82. The molecular formula is C25H27FN2O3S. The molecule has 0 saturated heterocycles. The number of nitrogens with zero attached hydrogens (tertiary/aromatic N) is 1. The number of carbonyl (C=O) groups is 1. The Morgan fingerprint density at radius 3 is 2.22 bits per heavy atom. The Balaban J connectivity index is 1.94. The molecule has 0 saturated carbocycles. The quantitative estimate of drug-likeness (QED) is 0.556. The van der Waals surface area contributed by atoms with Crippen molar-refractivity contribution in [3.8, 4) is 0 Å². The zero-order valence-electron chi connectivity index (χ0n) is 18.6. The third-order valence-corrected chi connectivity index (χ3v) is 7.26. The topological polar surface area (TPSA) is 66.5 Å². The van der Waals surface area contributed by atoms with Gasteiger partial charge >= 0.3 is 0 Å². The lowest BCUT2D eigenvalue weighted by Crippen LogP contribution is -2.42. The van der Waals surface area contributed by atoms with Crippen molar-refractivity contribution >= 4 is 21.6 Å². The number of anilines is 1. The van der Waals surface area contributed by atoms with Gasteiger partial charge in [0, 0.05) is 0 Å². The van der Waals surface area contributed by atoms with Gasteiger partial charge in [-0.3, -0.25) is 9.10 Å². The maximum absolute atomic E-state index is 13.5. The Bertz CT molecular complexity index is 1210. The molecule has 0 radical (unpaired) electrons. The van der Waals surface area contributed by atoms with Crippen molar-refractivity contribution in [1.29, 1.82) is 0 Å². The summed E-state index contributed by atoms with van der Waals surface area (Å²) < 4.78 is 41.4. The molecule has 0 aliphatic heterocycles. The first kappa shape index (κ1) is 23.5. The third kappa shape index (κ3) is 5.16. The van der Waals surface area contributed by atoms with Gasteiger partial charge in [0.05, 0.1) is 16.6 Å². The zero-order valence-corrected chi connectivity index (χ0v) is 19.4. The number of nitrogens with one attached hydrogen (secondary N) is 1. The van der Waals surface area contributed by atoms with Crippen LogP contribution in [0.4, 0.5) is 10.1 Å². The fraction of sp³-hybridized carbons (Fsp3) is 0.240. The Morgan fingerprint density at radius 2 is 1.59 bits per heavy atom. The molecule has 0 spiro atoms. The summed E-state index contributed by atoms with van der Waals surface area (Å²) in [4.78, 5) is 13.0. The Labute approximate surface area is 188 Å². The average molecular weight is 455 g/mol. The number of carbonyl (C=O) groups excluding carboxylic acids is 1.